The molecular weight excluding hydrogens is 252 g/mol. The van der Waals surface area contributed by atoms with Crippen LogP contribution >= 0.6 is 0 Å². The van der Waals surface area contributed by atoms with Crippen molar-refractivity contribution in [2.24, 2.45) is 0 Å². The number of rotatable bonds is 3. The number of hydrogen-bond acceptors (Lipinski definition) is 3. The fraction of sp³-hybridized carbons (Fsp3) is 0.500. The lowest BCUT2D eigenvalue weighted by atomic mass is 9.84. The first-order valence-electron chi connectivity index (χ1n) is 7.42. The van der Waals surface area contributed by atoms with Crippen molar-refractivity contribution in [1.29, 1.82) is 0 Å². The summed E-state index contributed by atoms with van der Waals surface area (Å²) in [5, 5.41) is 5.43. The fourth-order valence-corrected chi connectivity index (χ4v) is 3.16. The van der Waals surface area contributed by atoms with Gasteiger partial charge in [0.25, 0.3) is 0 Å². The van der Waals surface area contributed by atoms with Crippen LogP contribution in [0.25, 0.3) is 0 Å². The van der Waals surface area contributed by atoms with Crippen LogP contribution in [0.5, 0.6) is 0 Å². The summed E-state index contributed by atoms with van der Waals surface area (Å²) in [7, 11) is 0. The molecule has 1 saturated heterocycles. The normalized spacial score (nSPS) is 23.7. The smallest absolute Gasteiger partial charge is 0.249 e. The molecule has 0 bridgehead atoms. The second-order valence-electron chi connectivity index (χ2n) is 5.77. The van der Waals surface area contributed by atoms with Crippen LogP contribution in [0.1, 0.15) is 50.0 Å². The van der Waals surface area contributed by atoms with Gasteiger partial charge >= 0.3 is 0 Å². The van der Waals surface area contributed by atoms with Crippen LogP contribution in [0.2, 0.25) is 0 Å². The van der Waals surface area contributed by atoms with E-state index in [-0.39, 0.29) is 18.2 Å². The maximum atomic E-state index is 11.5. The van der Waals surface area contributed by atoms with E-state index in [4.69, 9.17) is 0 Å². The second-order valence-corrected chi connectivity index (χ2v) is 5.77. The zero-order valence-electron chi connectivity index (χ0n) is 11.5. The summed E-state index contributed by atoms with van der Waals surface area (Å²) in [5.41, 5.74) is 2.29. The Morgan fingerprint density at radius 1 is 1.00 bits per heavy atom. The molecule has 20 heavy (non-hydrogen) atoms. The summed E-state index contributed by atoms with van der Waals surface area (Å²) in [5.74, 6) is 0.256. The summed E-state index contributed by atoms with van der Waals surface area (Å²) < 4.78 is 0. The van der Waals surface area contributed by atoms with E-state index in [1.54, 1.807) is 0 Å². The Balaban J connectivity index is 1.64. The number of imide groups is 1. The Labute approximate surface area is 118 Å². The molecule has 106 valence electrons. The summed E-state index contributed by atoms with van der Waals surface area (Å²) in [6.45, 7) is 0. The van der Waals surface area contributed by atoms with Crippen molar-refractivity contribution in [1.82, 2.24) is 5.32 Å². The number of nitrogens with one attached hydrogen (secondary N) is 2. The molecule has 0 radical (unpaired) electrons. The van der Waals surface area contributed by atoms with Crippen molar-refractivity contribution in [3.05, 3.63) is 29.8 Å². The maximum absolute atomic E-state index is 11.5. The van der Waals surface area contributed by atoms with Crippen molar-refractivity contribution < 1.29 is 9.59 Å². The highest BCUT2D eigenvalue weighted by Crippen LogP contribution is 2.33. The van der Waals surface area contributed by atoms with Gasteiger partial charge in [-0.1, -0.05) is 31.4 Å². The highest BCUT2D eigenvalue weighted by molar-refractivity contribution is 6.06. The van der Waals surface area contributed by atoms with Crippen molar-refractivity contribution in [3.63, 3.8) is 0 Å². The third-order valence-corrected chi connectivity index (χ3v) is 4.30. The lowest BCUT2D eigenvalue weighted by molar-refractivity contribution is -0.124. The topological polar surface area (TPSA) is 58.2 Å². The summed E-state index contributed by atoms with van der Waals surface area (Å²) in [4.78, 5) is 22.7. The predicted octanol–water partition coefficient (Wildman–Crippen LogP) is 2.56. The standard InChI is InChI=1S/C16H20N2O2/c19-15-10-14(16(20)18-15)17-13-8-6-12(7-9-13)11-4-2-1-3-5-11/h6-9,11,14,17H,1-5,10H2,(H,18,19,20). The molecular formula is C16H20N2O2. The van der Waals surface area contributed by atoms with E-state index in [1.165, 1.54) is 37.7 Å². The van der Waals surface area contributed by atoms with Crippen LogP contribution in [-0.4, -0.2) is 17.9 Å². The number of carbonyl (C=O) groups is 2. The number of benzene rings is 1. The maximum Gasteiger partial charge on any atom is 0.249 e. The van der Waals surface area contributed by atoms with Gasteiger partial charge in [-0.15, -0.1) is 0 Å². The fourth-order valence-electron chi connectivity index (χ4n) is 3.16. The van der Waals surface area contributed by atoms with Crippen molar-refractivity contribution >= 4 is 17.5 Å². The number of anilines is 1. The minimum atomic E-state index is -0.428. The van der Waals surface area contributed by atoms with Gasteiger partial charge in [-0.2, -0.15) is 0 Å². The zero-order chi connectivity index (χ0) is 13.9. The number of hydrogen-bond donors (Lipinski definition) is 2. The Morgan fingerprint density at radius 3 is 2.30 bits per heavy atom. The minimum Gasteiger partial charge on any atom is -0.373 e. The van der Waals surface area contributed by atoms with Gasteiger partial charge in [0.15, 0.2) is 0 Å². The molecule has 1 saturated carbocycles. The van der Waals surface area contributed by atoms with E-state index in [2.05, 4.69) is 22.8 Å². The molecule has 1 heterocycles. The van der Waals surface area contributed by atoms with Gasteiger partial charge in [-0.05, 0) is 36.5 Å². The zero-order valence-corrected chi connectivity index (χ0v) is 11.5. The van der Waals surface area contributed by atoms with Gasteiger partial charge in [-0.25, -0.2) is 0 Å². The molecule has 2 N–H and O–H groups in total. The Hall–Kier alpha value is -1.84. The van der Waals surface area contributed by atoms with Crippen LogP contribution in [0.3, 0.4) is 0 Å². The molecule has 2 amide bonds. The Bertz CT molecular complexity index is 504. The quantitative estimate of drug-likeness (QED) is 0.831. The highest BCUT2D eigenvalue weighted by Gasteiger charge is 2.30. The SMILES string of the molecule is O=C1CC(Nc2ccc(C3CCCCC3)cc2)C(=O)N1. The monoisotopic (exact) mass is 272 g/mol. The molecule has 1 atom stereocenters. The first-order valence-corrected chi connectivity index (χ1v) is 7.42. The van der Waals surface area contributed by atoms with Gasteiger partial charge in [-0.3, -0.25) is 14.9 Å². The molecule has 3 rings (SSSR count). The average Bonchev–Trinajstić information content (AvgIpc) is 2.79. The average molecular weight is 272 g/mol. The third kappa shape index (κ3) is 2.84. The van der Waals surface area contributed by atoms with Crippen molar-refractivity contribution in [2.45, 2.75) is 50.5 Å². The van der Waals surface area contributed by atoms with Crippen LogP contribution in [0.4, 0.5) is 5.69 Å². The highest BCUT2D eigenvalue weighted by atomic mass is 16.2. The van der Waals surface area contributed by atoms with E-state index in [9.17, 15) is 9.59 Å². The lowest BCUT2D eigenvalue weighted by Gasteiger charge is -2.22. The largest absolute Gasteiger partial charge is 0.373 e. The molecule has 1 unspecified atom stereocenters. The van der Waals surface area contributed by atoms with Gasteiger partial charge in [0.2, 0.25) is 11.8 Å². The van der Waals surface area contributed by atoms with Crippen LogP contribution < -0.4 is 10.6 Å². The van der Waals surface area contributed by atoms with Crippen LogP contribution in [0, 0.1) is 0 Å². The molecule has 4 nitrogen and oxygen atoms in total. The number of amides is 2. The van der Waals surface area contributed by atoms with Crippen molar-refractivity contribution in [3.8, 4) is 0 Å². The lowest BCUT2D eigenvalue weighted by Crippen LogP contribution is -2.29. The molecule has 4 heteroatoms. The van der Waals surface area contributed by atoms with Gasteiger partial charge in [0.05, 0.1) is 6.42 Å². The van der Waals surface area contributed by atoms with E-state index in [0.29, 0.717) is 5.92 Å². The Kier molecular flexibility index (Phi) is 3.72. The predicted molar refractivity (Wildman–Crippen MR) is 77.4 cm³/mol. The van der Waals surface area contributed by atoms with Crippen LogP contribution in [-0.2, 0) is 9.59 Å². The first kappa shape index (κ1) is 13.2. The van der Waals surface area contributed by atoms with E-state index < -0.39 is 6.04 Å². The molecule has 1 aromatic rings. The van der Waals surface area contributed by atoms with E-state index in [1.807, 2.05) is 12.1 Å². The molecule has 0 aromatic heterocycles. The summed E-state index contributed by atoms with van der Waals surface area (Å²) >= 11 is 0. The van der Waals surface area contributed by atoms with E-state index >= 15 is 0 Å². The van der Waals surface area contributed by atoms with Crippen molar-refractivity contribution in [2.75, 3.05) is 5.32 Å². The van der Waals surface area contributed by atoms with Gasteiger partial charge in [0.1, 0.15) is 6.04 Å². The third-order valence-electron chi connectivity index (χ3n) is 4.30. The van der Waals surface area contributed by atoms with Crippen LogP contribution in [0.15, 0.2) is 24.3 Å². The van der Waals surface area contributed by atoms with Gasteiger partial charge < -0.3 is 5.32 Å². The van der Waals surface area contributed by atoms with E-state index in [0.717, 1.165) is 5.69 Å². The molecule has 2 fully saturated rings. The van der Waals surface area contributed by atoms with Gasteiger partial charge in [0, 0.05) is 5.69 Å². The molecule has 0 spiro atoms. The Morgan fingerprint density at radius 2 is 1.70 bits per heavy atom. The second kappa shape index (κ2) is 5.65. The summed E-state index contributed by atoms with van der Waals surface area (Å²) in [6.07, 6.45) is 6.81. The molecule has 2 aliphatic rings. The molecule has 1 aliphatic heterocycles. The summed E-state index contributed by atoms with van der Waals surface area (Å²) in [6, 6.07) is 7.89. The first-order chi connectivity index (χ1) is 9.72. The number of carbonyl (C=O) groups excluding carboxylic acids is 2. The molecule has 1 aromatic carbocycles. The molecule has 1 aliphatic carbocycles. The minimum absolute atomic E-state index is 0.202.